The largest absolute Gasteiger partial charge is 0.489 e. The highest BCUT2D eigenvalue weighted by Crippen LogP contribution is 2.38. The summed E-state index contributed by atoms with van der Waals surface area (Å²) in [5.74, 6) is 1.75. The van der Waals surface area contributed by atoms with Crippen LogP contribution in [-0.4, -0.2) is 0 Å². The molecule has 2 aromatic rings. The zero-order valence-electron chi connectivity index (χ0n) is 11.7. The molecule has 1 saturated carbocycles. The van der Waals surface area contributed by atoms with Crippen LogP contribution >= 0.6 is 0 Å². The van der Waals surface area contributed by atoms with Crippen molar-refractivity contribution < 1.29 is 4.74 Å². The van der Waals surface area contributed by atoms with Crippen LogP contribution < -0.4 is 10.5 Å². The van der Waals surface area contributed by atoms with Crippen LogP contribution in [0.1, 0.15) is 36.4 Å². The molecule has 1 aliphatic rings. The van der Waals surface area contributed by atoms with Crippen molar-refractivity contribution in [3.05, 3.63) is 65.7 Å². The van der Waals surface area contributed by atoms with Gasteiger partial charge >= 0.3 is 0 Å². The molecule has 3 rings (SSSR count). The molecule has 0 aromatic heterocycles. The Morgan fingerprint density at radius 1 is 1.00 bits per heavy atom. The Balaban J connectivity index is 1.68. The van der Waals surface area contributed by atoms with Crippen LogP contribution in [0.3, 0.4) is 0 Å². The smallest absolute Gasteiger partial charge is 0.124 e. The fraction of sp³-hybridized carbons (Fsp3) is 0.333. The molecule has 0 saturated heterocycles. The fourth-order valence-electron chi connectivity index (χ4n) is 2.49. The van der Waals surface area contributed by atoms with Crippen LogP contribution in [0.25, 0.3) is 0 Å². The molecule has 2 N–H and O–H groups in total. The van der Waals surface area contributed by atoms with E-state index in [9.17, 15) is 0 Å². The quantitative estimate of drug-likeness (QED) is 0.856. The maximum Gasteiger partial charge on any atom is 0.124 e. The third-order valence-electron chi connectivity index (χ3n) is 3.84. The van der Waals surface area contributed by atoms with E-state index >= 15 is 0 Å². The first kappa shape index (κ1) is 13.2. The number of benzene rings is 2. The summed E-state index contributed by atoms with van der Waals surface area (Å²) in [6, 6.07) is 18.5. The molecule has 0 unspecified atom stereocenters. The molecule has 104 valence electrons. The van der Waals surface area contributed by atoms with Gasteiger partial charge in [-0.2, -0.15) is 0 Å². The van der Waals surface area contributed by atoms with Crippen molar-refractivity contribution in [3.8, 4) is 5.75 Å². The monoisotopic (exact) mass is 267 g/mol. The van der Waals surface area contributed by atoms with E-state index < -0.39 is 0 Å². The Labute approximate surface area is 120 Å². The van der Waals surface area contributed by atoms with Crippen molar-refractivity contribution in [3.63, 3.8) is 0 Å². The molecule has 0 heterocycles. The lowest BCUT2D eigenvalue weighted by atomic mass is 10.0. The van der Waals surface area contributed by atoms with Gasteiger partial charge in [-0.3, -0.25) is 0 Å². The van der Waals surface area contributed by atoms with Crippen LogP contribution in [0.4, 0.5) is 0 Å². The number of hydrogen-bond acceptors (Lipinski definition) is 2. The highest BCUT2D eigenvalue weighted by Gasteiger charge is 2.25. The van der Waals surface area contributed by atoms with Gasteiger partial charge in [-0.15, -0.1) is 0 Å². The Morgan fingerprint density at radius 3 is 2.45 bits per heavy atom. The van der Waals surface area contributed by atoms with Crippen LogP contribution in [0.5, 0.6) is 5.75 Å². The highest BCUT2D eigenvalue weighted by atomic mass is 16.5. The van der Waals surface area contributed by atoms with Crippen molar-refractivity contribution in [1.29, 1.82) is 0 Å². The number of rotatable bonds is 6. The fourth-order valence-corrected chi connectivity index (χ4v) is 2.49. The molecule has 2 nitrogen and oxygen atoms in total. The van der Waals surface area contributed by atoms with Gasteiger partial charge in [-0.25, -0.2) is 0 Å². The van der Waals surface area contributed by atoms with Gasteiger partial charge in [0.25, 0.3) is 0 Å². The summed E-state index contributed by atoms with van der Waals surface area (Å²) < 4.78 is 5.97. The molecular weight excluding hydrogens is 246 g/mol. The first-order chi connectivity index (χ1) is 9.83. The molecule has 0 spiro atoms. The molecule has 1 atom stereocenters. The zero-order valence-corrected chi connectivity index (χ0v) is 11.7. The van der Waals surface area contributed by atoms with Crippen molar-refractivity contribution >= 4 is 0 Å². The molecule has 0 amide bonds. The van der Waals surface area contributed by atoms with Gasteiger partial charge in [0.1, 0.15) is 12.4 Å². The summed E-state index contributed by atoms with van der Waals surface area (Å²) >= 11 is 0. The molecular formula is C18H21NO. The Morgan fingerprint density at radius 2 is 1.70 bits per heavy atom. The van der Waals surface area contributed by atoms with Gasteiger partial charge < -0.3 is 10.5 Å². The lowest BCUT2D eigenvalue weighted by Gasteiger charge is -2.17. The first-order valence-corrected chi connectivity index (χ1v) is 7.34. The van der Waals surface area contributed by atoms with Gasteiger partial charge in [0.05, 0.1) is 0 Å². The second-order valence-corrected chi connectivity index (χ2v) is 5.60. The SMILES string of the molecule is N[C@@H](CC1CC1)c1ccccc1OCc1ccccc1. The summed E-state index contributed by atoms with van der Waals surface area (Å²) in [5.41, 5.74) is 8.64. The van der Waals surface area contributed by atoms with Gasteiger partial charge in [-0.05, 0) is 24.0 Å². The summed E-state index contributed by atoms with van der Waals surface area (Å²) in [6.45, 7) is 0.591. The summed E-state index contributed by atoms with van der Waals surface area (Å²) in [7, 11) is 0. The first-order valence-electron chi connectivity index (χ1n) is 7.34. The highest BCUT2D eigenvalue weighted by molar-refractivity contribution is 5.36. The van der Waals surface area contributed by atoms with E-state index in [2.05, 4.69) is 18.2 Å². The maximum atomic E-state index is 6.33. The van der Waals surface area contributed by atoms with E-state index in [1.165, 1.54) is 18.4 Å². The van der Waals surface area contributed by atoms with Crippen LogP contribution in [0, 0.1) is 5.92 Å². The van der Waals surface area contributed by atoms with Crippen LogP contribution in [0.15, 0.2) is 54.6 Å². The van der Waals surface area contributed by atoms with E-state index in [1.54, 1.807) is 0 Å². The van der Waals surface area contributed by atoms with Gasteiger partial charge in [0.2, 0.25) is 0 Å². The third-order valence-corrected chi connectivity index (χ3v) is 3.84. The van der Waals surface area contributed by atoms with Gasteiger partial charge in [0.15, 0.2) is 0 Å². The summed E-state index contributed by atoms with van der Waals surface area (Å²) in [6.07, 6.45) is 3.74. The molecule has 0 radical (unpaired) electrons. The van der Waals surface area contributed by atoms with E-state index in [0.717, 1.165) is 23.7 Å². The molecule has 1 fully saturated rings. The second-order valence-electron chi connectivity index (χ2n) is 5.60. The van der Waals surface area contributed by atoms with Crippen molar-refractivity contribution in [2.24, 2.45) is 11.7 Å². The topological polar surface area (TPSA) is 35.2 Å². The van der Waals surface area contributed by atoms with Crippen LogP contribution in [0.2, 0.25) is 0 Å². The van der Waals surface area contributed by atoms with Gasteiger partial charge in [-0.1, -0.05) is 61.4 Å². The molecule has 2 aromatic carbocycles. The average molecular weight is 267 g/mol. The number of para-hydroxylation sites is 1. The van der Waals surface area contributed by atoms with E-state index in [1.807, 2.05) is 36.4 Å². The Hall–Kier alpha value is -1.80. The Bertz CT molecular complexity index is 548. The zero-order chi connectivity index (χ0) is 13.8. The maximum absolute atomic E-state index is 6.33. The van der Waals surface area contributed by atoms with Gasteiger partial charge in [0, 0.05) is 11.6 Å². The van der Waals surface area contributed by atoms with Crippen molar-refractivity contribution in [2.75, 3.05) is 0 Å². The lowest BCUT2D eigenvalue weighted by molar-refractivity contribution is 0.300. The van der Waals surface area contributed by atoms with E-state index in [-0.39, 0.29) is 6.04 Å². The minimum atomic E-state index is 0.0921. The Kier molecular flexibility index (Phi) is 4.03. The number of ether oxygens (including phenoxy) is 1. The predicted molar refractivity (Wildman–Crippen MR) is 81.5 cm³/mol. The molecule has 0 aliphatic heterocycles. The minimum absolute atomic E-state index is 0.0921. The van der Waals surface area contributed by atoms with Crippen LogP contribution in [-0.2, 0) is 6.61 Å². The normalized spacial score (nSPS) is 15.8. The predicted octanol–water partition coefficient (Wildman–Crippen LogP) is 4.07. The van der Waals surface area contributed by atoms with Crippen molar-refractivity contribution in [2.45, 2.75) is 31.9 Å². The molecule has 2 heteroatoms. The molecule has 0 bridgehead atoms. The molecule has 20 heavy (non-hydrogen) atoms. The summed E-state index contributed by atoms with van der Waals surface area (Å²) in [4.78, 5) is 0. The van der Waals surface area contributed by atoms with E-state index in [4.69, 9.17) is 10.5 Å². The number of hydrogen-bond donors (Lipinski definition) is 1. The summed E-state index contributed by atoms with van der Waals surface area (Å²) in [5, 5.41) is 0. The minimum Gasteiger partial charge on any atom is -0.489 e. The van der Waals surface area contributed by atoms with E-state index in [0.29, 0.717) is 6.61 Å². The van der Waals surface area contributed by atoms with Crippen molar-refractivity contribution in [1.82, 2.24) is 0 Å². The standard InChI is InChI=1S/C18H21NO/c19-17(12-14-10-11-14)16-8-4-5-9-18(16)20-13-15-6-2-1-3-7-15/h1-9,14,17H,10-13,19H2/t17-/m0/s1. The average Bonchev–Trinajstić information content (AvgIpc) is 3.30. The third kappa shape index (κ3) is 3.40. The second kappa shape index (κ2) is 6.10. The lowest BCUT2D eigenvalue weighted by Crippen LogP contribution is -2.12. The number of nitrogens with two attached hydrogens (primary N) is 1. The molecule has 1 aliphatic carbocycles.